The van der Waals surface area contributed by atoms with Gasteiger partial charge in [0.15, 0.2) is 0 Å². The molecule has 28 heavy (non-hydrogen) atoms. The number of unbranched alkanes of at least 4 members (excludes halogenated alkanes) is 4. The summed E-state index contributed by atoms with van der Waals surface area (Å²) in [6.45, 7) is 2.25. The SMILES string of the molecule is CCCCCCCc1ccc(-c2ccc(C3CCC(C(F)F)CC3)cc2)cc1. The normalized spacial score (nSPS) is 19.9. The summed E-state index contributed by atoms with van der Waals surface area (Å²) < 4.78 is 25.7. The Balaban J connectivity index is 1.52. The average Bonchev–Trinajstić information content (AvgIpc) is 2.74. The first-order valence-electron chi connectivity index (χ1n) is 11.1. The highest BCUT2D eigenvalue weighted by molar-refractivity contribution is 5.64. The van der Waals surface area contributed by atoms with Crippen molar-refractivity contribution in [2.75, 3.05) is 0 Å². The molecule has 0 atom stereocenters. The Kier molecular flexibility index (Phi) is 8.06. The molecular formula is C26H34F2. The van der Waals surface area contributed by atoms with Crippen molar-refractivity contribution >= 4 is 0 Å². The van der Waals surface area contributed by atoms with Gasteiger partial charge in [0, 0.05) is 5.92 Å². The summed E-state index contributed by atoms with van der Waals surface area (Å²) in [5, 5.41) is 0. The van der Waals surface area contributed by atoms with E-state index in [1.165, 1.54) is 60.8 Å². The summed E-state index contributed by atoms with van der Waals surface area (Å²) in [6, 6.07) is 17.7. The van der Waals surface area contributed by atoms with Crippen LogP contribution in [0.25, 0.3) is 11.1 Å². The minimum atomic E-state index is -2.15. The Bertz CT molecular complexity index is 679. The van der Waals surface area contributed by atoms with E-state index in [4.69, 9.17) is 0 Å². The first-order chi connectivity index (χ1) is 13.7. The van der Waals surface area contributed by atoms with Crippen molar-refractivity contribution < 1.29 is 8.78 Å². The molecule has 0 aliphatic heterocycles. The van der Waals surface area contributed by atoms with Gasteiger partial charge in [-0.25, -0.2) is 8.78 Å². The number of halogens is 2. The number of aryl methyl sites for hydroxylation is 1. The van der Waals surface area contributed by atoms with Crippen LogP contribution in [0.1, 0.15) is 81.8 Å². The predicted octanol–water partition coefficient (Wildman–Crippen LogP) is 8.41. The fourth-order valence-corrected chi connectivity index (χ4v) is 4.45. The molecule has 0 radical (unpaired) electrons. The van der Waals surface area contributed by atoms with Gasteiger partial charge in [-0.3, -0.25) is 0 Å². The van der Waals surface area contributed by atoms with Crippen molar-refractivity contribution in [1.29, 1.82) is 0 Å². The second kappa shape index (κ2) is 10.7. The van der Waals surface area contributed by atoms with Crippen molar-refractivity contribution in [3.8, 4) is 11.1 Å². The van der Waals surface area contributed by atoms with Crippen LogP contribution < -0.4 is 0 Å². The smallest absolute Gasteiger partial charge is 0.210 e. The number of hydrogen-bond donors (Lipinski definition) is 0. The van der Waals surface area contributed by atoms with Gasteiger partial charge in [-0.15, -0.1) is 0 Å². The monoisotopic (exact) mass is 384 g/mol. The Hall–Kier alpha value is -1.70. The van der Waals surface area contributed by atoms with E-state index in [-0.39, 0.29) is 5.92 Å². The van der Waals surface area contributed by atoms with Crippen molar-refractivity contribution in [2.45, 2.75) is 83.5 Å². The van der Waals surface area contributed by atoms with Crippen LogP contribution in [0.3, 0.4) is 0 Å². The summed E-state index contributed by atoms with van der Waals surface area (Å²) >= 11 is 0. The lowest BCUT2D eigenvalue weighted by Gasteiger charge is -2.28. The van der Waals surface area contributed by atoms with Crippen molar-refractivity contribution in [2.24, 2.45) is 5.92 Å². The maximum absolute atomic E-state index is 12.8. The molecule has 0 N–H and O–H groups in total. The third-order valence-electron chi connectivity index (χ3n) is 6.37. The number of alkyl halides is 2. The molecule has 0 aromatic heterocycles. The summed E-state index contributed by atoms with van der Waals surface area (Å²) in [6.07, 6.45) is 8.72. The Labute approximate surface area is 169 Å². The molecule has 0 saturated heterocycles. The number of benzene rings is 2. The van der Waals surface area contributed by atoms with Gasteiger partial charge in [0.05, 0.1) is 0 Å². The van der Waals surface area contributed by atoms with Crippen molar-refractivity contribution in [3.05, 3.63) is 59.7 Å². The molecule has 3 rings (SSSR count). The van der Waals surface area contributed by atoms with E-state index in [1.54, 1.807) is 0 Å². The van der Waals surface area contributed by atoms with E-state index in [0.29, 0.717) is 18.8 Å². The lowest BCUT2D eigenvalue weighted by Crippen LogP contribution is -2.19. The Morgan fingerprint density at radius 1 is 0.750 bits per heavy atom. The predicted molar refractivity (Wildman–Crippen MR) is 115 cm³/mol. The summed E-state index contributed by atoms with van der Waals surface area (Å²) in [7, 11) is 0. The van der Waals surface area contributed by atoms with Gasteiger partial charge in [0.1, 0.15) is 0 Å². The molecule has 1 saturated carbocycles. The minimum Gasteiger partial charge on any atom is -0.210 e. The van der Waals surface area contributed by atoms with E-state index in [1.807, 2.05) is 0 Å². The maximum atomic E-state index is 12.8. The van der Waals surface area contributed by atoms with Crippen LogP contribution in [-0.2, 0) is 6.42 Å². The van der Waals surface area contributed by atoms with Crippen LogP contribution in [-0.4, -0.2) is 6.43 Å². The quantitative estimate of drug-likeness (QED) is 0.381. The molecule has 2 heteroatoms. The average molecular weight is 385 g/mol. The fourth-order valence-electron chi connectivity index (χ4n) is 4.45. The molecule has 0 amide bonds. The zero-order valence-electron chi connectivity index (χ0n) is 17.2. The fraction of sp³-hybridized carbons (Fsp3) is 0.538. The zero-order chi connectivity index (χ0) is 19.8. The number of hydrogen-bond acceptors (Lipinski definition) is 0. The van der Waals surface area contributed by atoms with Crippen molar-refractivity contribution in [3.63, 3.8) is 0 Å². The van der Waals surface area contributed by atoms with Gasteiger partial charge in [0.25, 0.3) is 0 Å². The molecule has 0 bridgehead atoms. The maximum Gasteiger partial charge on any atom is 0.241 e. The molecule has 0 spiro atoms. The van der Waals surface area contributed by atoms with Crippen LogP contribution in [0, 0.1) is 5.92 Å². The Morgan fingerprint density at radius 3 is 1.89 bits per heavy atom. The molecule has 1 aliphatic carbocycles. The third kappa shape index (κ3) is 5.90. The highest BCUT2D eigenvalue weighted by Crippen LogP contribution is 2.38. The van der Waals surface area contributed by atoms with Crippen molar-refractivity contribution in [1.82, 2.24) is 0 Å². The summed E-state index contributed by atoms with van der Waals surface area (Å²) in [5.74, 6) is 0.0554. The van der Waals surface area contributed by atoms with Gasteiger partial charge in [0.2, 0.25) is 6.43 Å². The first-order valence-corrected chi connectivity index (χ1v) is 11.1. The molecule has 2 aromatic carbocycles. The van der Waals surface area contributed by atoms with Crippen LogP contribution in [0.5, 0.6) is 0 Å². The summed E-state index contributed by atoms with van der Waals surface area (Å²) in [4.78, 5) is 0. The van der Waals surface area contributed by atoms with Crippen LogP contribution >= 0.6 is 0 Å². The van der Waals surface area contributed by atoms with Gasteiger partial charge in [-0.05, 0) is 66.7 Å². The molecule has 1 aliphatic rings. The van der Waals surface area contributed by atoms with E-state index in [9.17, 15) is 8.78 Å². The van der Waals surface area contributed by atoms with E-state index in [0.717, 1.165) is 12.8 Å². The summed E-state index contributed by atoms with van der Waals surface area (Å²) in [5.41, 5.74) is 5.22. The lowest BCUT2D eigenvalue weighted by atomic mass is 9.78. The molecule has 1 fully saturated rings. The molecule has 0 nitrogen and oxygen atoms in total. The minimum absolute atomic E-state index is 0.388. The van der Waals surface area contributed by atoms with Gasteiger partial charge in [-0.2, -0.15) is 0 Å². The van der Waals surface area contributed by atoms with E-state index in [2.05, 4.69) is 55.5 Å². The topological polar surface area (TPSA) is 0 Å². The van der Waals surface area contributed by atoms with Gasteiger partial charge >= 0.3 is 0 Å². The van der Waals surface area contributed by atoms with Gasteiger partial charge in [-0.1, -0.05) is 81.1 Å². The molecular weight excluding hydrogens is 350 g/mol. The largest absolute Gasteiger partial charge is 0.241 e. The second-order valence-corrected chi connectivity index (χ2v) is 8.43. The highest BCUT2D eigenvalue weighted by atomic mass is 19.3. The third-order valence-corrected chi connectivity index (χ3v) is 6.37. The lowest BCUT2D eigenvalue weighted by molar-refractivity contribution is 0.0528. The molecule has 0 heterocycles. The first kappa shape index (κ1) is 21.0. The van der Waals surface area contributed by atoms with E-state index < -0.39 is 6.43 Å². The van der Waals surface area contributed by atoms with Gasteiger partial charge < -0.3 is 0 Å². The number of rotatable bonds is 9. The zero-order valence-corrected chi connectivity index (χ0v) is 17.2. The molecule has 0 unspecified atom stereocenters. The second-order valence-electron chi connectivity index (χ2n) is 8.43. The van der Waals surface area contributed by atoms with Crippen LogP contribution in [0.15, 0.2) is 48.5 Å². The highest BCUT2D eigenvalue weighted by Gasteiger charge is 2.27. The van der Waals surface area contributed by atoms with E-state index >= 15 is 0 Å². The molecule has 2 aromatic rings. The van der Waals surface area contributed by atoms with Crippen LogP contribution in [0.4, 0.5) is 8.78 Å². The Morgan fingerprint density at radius 2 is 1.32 bits per heavy atom. The van der Waals surface area contributed by atoms with Crippen LogP contribution in [0.2, 0.25) is 0 Å². The molecule has 152 valence electrons. The standard InChI is InChI=1S/C26H34F2/c1-2-3-4-5-6-7-20-8-10-21(11-9-20)22-12-14-23(15-13-22)24-16-18-25(19-17-24)26(27)28/h8-15,24-26H,2-7,16-19H2,1H3.